The van der Waals surface area contributed by atoms with Crippen LogP contribution in [-0.4, -0.2) is 49.1 Å². The van der Waals surface area contributed by atoms with Crippen LogP contribution < -0.4 is 16.0 Å². The highest BCUT2D eigenvalue weighted by Crippen LogP contribution is 2.44. The van der Waals surface area contributed by atoms with Gasteiger partial charge in [-0.25, -0.2) is 9.59 Å². The van der Waals surface area contributed by atoms with Crippen molar-refractivity contribution in [2.45, 2.75) is 18.4 Å². The molecule has 2 heterocycles. The van der Waals surface area contributed by atoms with Crippen molar-refractivity contribution in [3.05, 3.63) is 88.9 Å². The van der Waals surface area contributed by atoms with Gasteiger partial charge < -0.3 is 19.7 Å². The second kappa shape index (κ2) is 11.3. The van der Waals surface area contributed by atoms with Crippen molar-refractivity contribution in [1.82, 2.24) is 4.90 Å². The number of benzene rings is 3. The second-order valence-electron chi connectivity index (χ2n) is 9.63. The Bertz CT molecular complexity index is 1450. The van der Waals surface area contributed by atoms with Crippen molar-refractivity contribution in [2.24, 2.45) is 5.92 Å². The average molecular weight is 563 g/mol. The summed E-state index contributed by atoms with van der Waals surface area (Å²) in [5, 5.41) is 8.53. The summed E-state index contributed by atoms with van der Waals surface area (Å²) in [7, 11) is 1.26. The Morgan fingerprint density at radius 2 is 1.75 bits per heavy atom. The Hall–Kier alpha value is -4.57. The fourth-order valence-corrected chi connectivity index (χ4v) is 5.21. The topological polar surface area (TPSA) is 126 Å². The van der Waals surface area contributed by atoms with Crippen LogP contribution in [0, 0.1) is 5.92 Å². The third-order valence-corrected chi connectivity index (χ3v) is 7.26. The molecule has 1 saturated heterocycles. The lowest BCUT2D eigenvalue weighted by Gasteiger charge is -2.35. The van der Waals surface area contributed by atoms with Gasteiger partial charge in [0.25, 0.3) is 0 Å². The fraction of sp³-hybridized carbons (Fsp3) is 0.241. The summed E-state index contributed by atoms with van der Waals surface area (Å²) in [5.41, 5.74) is 1.99. The lowest BCUT2D eigenvalue weighted by molar-refractivity contribution is -0.140. The van der Waals surface area contributed by atoms with E-state index in [1.54, 1.807) is 47.4 Å². The summed E-state index contributed by atoms with van der Waals surface area (Å²) >= 11 is 6.25. The molecule has 3 aromatic rings. The molecule has 0 unspecified atom stereocenters. The predicted octanol–water partition coefficient (Wildman–Crippen LogP) is 5.01. The van der Waals surface area contributed by atoms with Gasteiger partial charge in [0, 0.05) is 34.9 Å². The molecule has 0 aliphatic carbocycles. The van der Waals surface area contributed by atoms with Crippen molar-refractivity contribution < 1.29 is 28.7 Å². The van der Waals surface area contributed by atoms with Gasteiger partial charge in [-0.05, 0) is 54.4 Å². The number of fused-ring (bicyclic) bond motifs is 2. The van der Waals surface area contributed by atoms with Crippen LogP contribution in [0.15, 0.2) is 72.8 Å². The minimum absolute atomic E-state index is 0.0963. The minimum atomic E-state index is -1.06. The van der Waals surface area contributed by atoms with Crippen LogP contribution in [0.1, 0.15) is 17.5 Å². The van der Waals surface area contributed by atoms with E-state index in [1.165, 1.54) is 7.11 Å². The number of carbonyl (C=O) groups is 4. The monoisotopic (exact) mass is 562 g/mol. The van der Waals surface area contributed by atoms with Crippen LogP contribution in [0.5, 0.6) is 0 Å². The molecule has 11 heteroatoms. The van der Waals surface area contributed by atoms with E-state index < -0.39 is 29.6 Å². The van der Waals surface area contributed by atoms with Gasteiger partial charge in [-0.15, -0.1) is 0 Å². The van der Waals surface area contributed by atoms with Crippen molar-refractivity contribution in [3.63, 3.8) is 0 Å². The van der Waals surface area contributed by atoms with Gasteiger partial charge in [-0.2, -0.15) is 0 Å². The van der Waals surface area contributed by atoms with E-state index in [-0.39, 0.29) is 18.9 Å². The molecule has 2 aliphatic heterocycles. The summed E-state index contributed by atoms with van der Waals surface area (Å²) < 4.78 is 10.3. The Kier molecular flexibility index (Phi) is 7.61. The van der Waals surface area contributed by atoms with Crippen LogP contribution in [-0.2, 0) is 31.1 Å². The fourth-order valence-electron chi connectivity index (χ4n) is 5.04. The number of hydrogen-bond acceptors (Lipinski definition) is 6. The Labute approximate surface area is 235 Å². The zero-order chi connectivity index (χ0) is 28.3. The van der Waals surface area contributed by atoms with Gasteiger partial charge >= 0.3 is 12.2 Å². The highest BCUT2D eigenvalue weighted by atomic mass is 35.5. The van der Waals surface area contributed by atoms with Crippen LogP contribution in [0.25, 0.3) is 0 Å². The summed E-state index contributed by atoms with van der Waals surface area (Å²) in [4.78, 5) is 52.8. The number of ether oxygens (including phenoxy) is 2. The van der Waals surface area contributed by atoms with E-state index in [4.69, 9.17) is 16.3 Å². The summed E-state index contributed by atoms with van der Waals surface area (Å²) in [6.45, 7) is 0.392. The largest absolute Gasteiger partial charge is 0.453 e. The summed E-state index contributed by atoms with van der Waals surface area (Å²) in [6, 6.07) is 20.9. The molecule has 0 radical (unpaired) electrons. The number of halogens is 1. The molecule has 206 valence electrons. The first kappa shape index (κ1) is 27.0. The molecule has 3 aromatic carbocycles. The number of nitrogens with zero attached hydrogens (tertiary/aromatic N) is 1. The molecule has 10 nitrogen and oxygen atoms in total. The molecule has 3 N–H and O–H groups in total. The van der Waals surface area contributed by atoms with E-state index >= 15 is 0 Å². The molecule has 2 atom stereocenters. The number of nitrogens with one attached hydrogen (secondary N) is 3. The first-order valence-electron chi connectivity index (χ1n) is 12.6. The molecule has 0 saturated carbocycles. The predicted molar refractivity (Wildman–Crippen MR) is 149 cm³/mol. The standard InChI is InChI=1S/C29H27ClN4O6/c1-39-27(37)32-21-10-8-20(9-11-21)31-25(35)22(15-18-5-3-2-4-6-18)26(36)34-14-13-29(17-34)23-16-19(30)7-12-24(23)33-28(38)40-29/h2-12,16,22H,13-15,17H2,1H3,(H,31,35)(H,32,37)(H,33,38)/t22-,29+/m0/s1. The lowest BCUT2D eigenvalue weighted by Crippen LogP contribution is -2.45. The van der Waals surface area contributed by atoms with Crippen LogP contribution in [0.2, 0.25) is 5.02 Å². The number of hydrogen-bond donors (Lipinski definition) is 3. The van der Waals surface area contributed by atoms with Gasteiger partial charge in [-0.1, -0.05) is 41.9 Å². The zero-order valence-corrected chi connectivity index (χ0v) is 22.4. The Balaban J connectivity index is 1.37. The normalized spacial score (nSPS) is 18.2. The minimum Gasteiger partial charge on any atom is -0.453 e. The summed E-state index contributed by atoms with van der Waals surface area (Å²) in [5.74, 6) is -1.89. The van der Waals surface area contributed by atoms with Crippen LogP contribution >= 0.6 is 11.6 Å². The number of amides is 4. The molecule has 0 bridgehead atoms. The maximum absolute atomic E-state index is 13.9. The van der Waals surface area contributed by atoms with E-state index in [0.717, 1.165) is 5.56 Å². The highest BCUT2D eigenvalue weighted by Gasteiger charge is 2.50. The van der Waals surface area contributed by atoms with Gasteiger partial charge in [0.1, 0.15) is 5.92 Å². The van der Waals surface area contributed by atoms with E-state index in [1.807, 2.05) is 30.3 Å². The smallest absolute Gasteiger partial charge is 0.412 e. The molecule has 5 rings (SSSR count). The molecule has 2 aliphatic rings. The third kappa shape index (κ3) is 5.72. The molecule has 0 aromatic heterocycles. The molecule has 1 spiro atoms. The Morgan fingerprint density at radius 3 is 2.45 bits per heavy atom. The number of methoxy groups -OCH3 is 1. The first-order chi connectivity index (χ1) is 19.3. The maximum atomic E-state index is 13.9. The SMILES string of the molecule is COC(=O)Nc1ccc(NC(=O)[C@H](Cc2ccccc2)C(=O)N2CC[C@]3(C2)OC(=O)Nc2ccc(Cl)cc23)cc1. The van der Waals surface area contributed by atoms with E-state index in [0.29, 0.717) is 40.6 Å². The number of rotatable bonds is 6. The van der Waals surface area contributed by atoms with Crippen molar-refractivity contribution in [3.8, 4) is 0 Å². The van der Waals surface area contributed by atoms with Gasteiger partial charge in [0.2, 0.25) is 11.8 Å². The number of likely N-dealkylation sites (tertiary alicyclic amines) is 1. The molecule has 1 fully saturated rings. The quantitative estimate of drug-likeness (QED) is 0.363. The van der Waals surface area contributed by atoms with Crippen molar-refractivity contribution >= 4 is 52.7 Å². The number of anilines is 3. The molecular weight excluding hydrogens is 536 g/mol. The average Bonchev–Trinajstić information content (AvgIpc) is 3.37. The van der Waals surface area contributed by atoms with E-state index in [2.05, 4.69) is 20.7 Å². The molecule has 4 amide bonds. The van der Waals surface area contributed by atoms with Crippen molar-refractivity contribution in [1.29, 1.82) is 0 Å². The first-order valence-corrected chi connectivity index (χ1v) is 13.0. The van der Waals surface area contributed by atoms with Gasteiger partial charge in [-0.3, -0.25) is 20.2 Å². The van der Waals surface area contributed by atoms with Crippen LogP contribution in [0.4, 0.5) is 26.7 Å². The van der Waals surface area contributed by atoms with Crippen molar-refractivity contribution in [2.75, 3.05) is 36.1 Å². The lowest BCUT2D eigenvalue weighted by atomic mass is 9.90. The van der Waals surface area contributed by atoms with Gasteiger partial charge in [0.15, 0.2) is 5.60 Å². The molecular formula is C29H27ClN4O6. The Morgan fingerprint density at radius 1 is 1.05 bits per heavy atom. The van der Waals surface area contributed by atoms with Crippen LogP contribution in [0.3, 0.4) is 0 Å². The second-order valence-corrected chi connectivity index (χ2v) is 10.1. The highest BCUT2D eigenvalue weighted by molar-refractivity contribution is 6.30. The van der Waals surface area contributed by atoms with E-state index in [9.17, 15) is 19.2 Å². The summed E-state index contributed by atoms with van der Waals surface area (Å²) in [6.07, 6.45) is -0.667. The van der Waals surface area contributed by atoms with Gasteiger partial charge in [0.05, 0.1) is 19.3 Å². The maximum Gasteiger partial charge on any atom is 0.412 e. The number of carbonyl (C=O) groups excluding carboxylic acids is 4. The molecule has 40 heavy (non-hydrogen) atoms. The zero-order valence-electron chi connectivity index (χ0n) is 21.6. The third-order valence-electron chi connectivity index (χ3n) is 7.02.